The number of benzene rings is 2. The summed E-state index contributed by atoms with van der Waals surface area (Å²) in [6, 6.07) is 9.92. The summed E-state index contributed by atoms with van der Waals surface area (Å²) >= 11 is 13.9. The van der Waals surface area contributed by atoms with Crippen molar-refractivity contribution < 1.29 is 4.79 Å². The highest BCUT2D eigenvalue weighted by Gasteiger charge is 2.22. The second-order valence-electron chi connectivity index (χ2n) is 5.90. The van der Waals surface area contributed by atoms with E-state index in [9.17, 15) is 4.79 Å². The second kappa shape index (κ2) is 6.48. The van der Waals surface area contributed by atoms with Gasteiger partial charge < -0.3 is 14.6 Å². The first-order valence-corrected chi connectivity index (χ1v) is 9.41. The molecule has 0 radical (unpaired) electrons. The number of rotatable bonds is 3. The summed E-state index contributed by atoms with van der Waals surface area (Å²) in [5, 5.41) is 2.05. The Morgan fingerprint density at radius 2 is 2.08 bits per heavy atom. The quantitative estimate of drug-likeness (QED) is 0.579. The highest BCUT2D eigenvalue weighted by molar-refractivity contribution is 8.00. The topological polar surface area (TPSA) is 48.1 Å². The molecule has 2 N–H and O–H groups in total. The Bertz CT molecular complexity index is 986. The van der Waals surface area contributed by atoms with Crippen LogP contribution >= 0.6 is 35.1 Å². The maximum absolute atomic E-state index is 11.6. The molecule has 4 rings (SSSR count). The largest absolute Gasteiger partial charge is 0.358 e. The number of carbonyl (C=O) groups is 1. The molecule has 7 heteroatoms. The Morgan fingerprint density at radius 3 is 2.88 bits per heavy atom. The fourth-order valence-electron chi connectivity index (χ4n) is 3.14. The summed E-state index contributed by atoms with van der Waals surface area (Å²) in [7, 11) is 0. The molecule has 0 fully saturated rings. The lowest BCUT2D eigenvalue weighted by Gasteiger charge is -2.15. The lowest BCUT2D eigenvalue weighted by Crippen LogP contribution is -2.25. The Labute approximate surface area is 159 Å². The minimum atomic E-state index is 0.0875. The zero-order valence-corrected chi connectivity index (χ0v) is 15.7. The van der Waals surface area contributed by atoms with E-state index in [1.165, 1.54) is 17.5 Å². The van der Waals surface area contributed by atoms with Gasteiger partial charge in [0.25, 0.3) is 0 Å². The number of amides is 1. The SMILES string of the molecule is CC(=O)N1CCc2cc(SNc3ccc(Cl)c4c(Cl)c[nH]c34)ccc21. The van der Waals surface area contributed by atoms with Crippen molar-refractivity contribution in [1.29, 1.82) is 0 Å². The van der Waals surface area contributed by atoms with Crippen LogP contribution in [0.3, 0.4) is 0 Å². The van der Waals surface area contributed by atoms with Gasteiger partial charge in [-0.15, -0.1) is 0 Å². The first-order chi connectivity index (χ1) is 12.0. The van der Waals surface area contributed by atoms with Crippen LogP contribution in [0.4, 0.5) is 11.4 Å². The van der Waals surface area contributed by atoms with Crippen LogP contribution in [0.2, 0.25) is 10.0 Å². The zero-order chi connectivity index (χ0) is 17.6. The number of anilines is 2. The average molecular weight is 392 g/mol. The molecule has 128 valence electrons. The van der Waals surface area contributed by atoms with Crippen LogP contribution in [0.5, 0.6) is 0 Å². The summed E-state index contributed by atoms with van der Waals surface area (Å²) in [6.45, 7) is 2.36. The Morgan fingerprint density at radius 1 is 1.24 bits per heavy atom. The lowest BCUT2D eigenvalue weighted by molar-refractivity contribution is -0.116. The van der Waals surface area contributed by atoms with Crippen LogP contribution in [0.25, 0.3) is 10.9 Å². The Balaban J connectivity index is 1.57. The minimum absolute atomic E-state index is 0.0875. The third-order valence-corrected chi connectivity index (χ3v) is 5.77. The molecule has 2 heterocycles. The van der Waals surface area contributed by atoms with Crippen LogP contribution in [0.1, 0.15) is 12.5 Å². The van der Waals surface area contributed by atoms with E-state index in [1.807, 2.05) is 29.2 Å². The van der Waals surface area contributed by atoms with E-state index in [0.717, 1.165) is 40.1 Å². The van der Waals surface area contributed by atoms with Crippen molar-refractivity contribution in [3.8, 4) is 0 Å². The second-order valence-corrected chi connectivity index (χ2v) is 7.59. The number of nitrogens with one attached hydrogen (secondary N) is 2. The minimum Gasteiger partial charge on any atom is -0.358 e. The Hall–Kier alpha value is -1.82. The van der Waals surface area contributed by atoms with E-state index < -0.39 is 0 Å². The third-order valence-electron chi connectivity index (χ3n) is 4.34. The van der Waals surface area contributed by atoms with Gasteiger partial charge in [0.05, 0.1) is 21.2 Å². The molecule has 0 aliphatic carbocycles. The summed E-state index contributed by atoms with van der Waals surface area (Å²) in [5.74, 6) is 0.0875. The van der Waals surface area contributed by atoms with Crippen molar-refractivity contribution in [2.24, 2.45) is 0 Å². The van der Waals surface area contributed by atoms with Crippen LogP contribution in [-0.2, 0) is 11.2 Å². The molecule has 0 atom stereocenters. The molecule has 1 aromatic heterocycles. The summed E-state index contributed by atoms with van der Waals surface area (Å²) in [4.78, 5) is 17.7. The molecule has 2 aromatic carbocycles. The molecule has 1 aliphatic rings. The fraction of sp³-hybridized carbons (Fsp3) is 0.167. The number of aromatic amines is 1. The summed E-state index contributed by atoms with van der Waals surface area (Å²) in [5.41, 5.74) is 4.02. The number of nitrogens with zero attached hydrogens (tertiary/aromatic N) is 1. The number of H-pyrrole nitrogens is 1. The molecule has 3 aromatic rings. The number of carbonyl (C=O) groups excluding carboxylic acids is 1. The third kappa shape index (κ3) is 2.97. The predicted octanol–water partition coefficient (Wildman–Crippen LogP) is 5.50. The normalized spacial score (nSPS) is 13.3. The molecule has 1 amide bonds. The van der Waals surface area contributed by atoms with E-state index in [-0.39, 0.29) is 5.91 Å². The van der Waals surface area contributed by atoms with Crippen molar-refractivity contribution in [3.05, 3.63) is 52.1 Å². The first-order valence-electron chi connectivity index (χ1n) is 7.83. The first kappa shape index (κ1) is 16.6. The van der Waals surface area contributed by atoms with E-state index in [2.05, 4.69) is 15.8 Å². The van der Waals surface area contributed by atoms with Gasteiger partial charge in [0.2, 0.25) is 5.91 Å². The zero-order valence-electron chi connectivity index (χ0n) is 13.4. The van der Waals surface area contributed by atoms with Crippen LogP contribution < -0.4 is 9.62 Å². The summed E-state index contributed by atoms with van der Waals surface area (Å²) in [6.07, 6.45) is 2.63. The lowest BCUT2D eigenvalue weighted by atomic mass is 10.2. The van der Waals surface area contributed by atoms with E-state index in [1.54, 1.807) is 13.1 Å². The summed E-state index contributed by atoms with van der Waals surface area (Å²) < 4.78 is 3.36. The average Bonchev–Trinajstić information content (AvgIpc) is 3.18. The number of hydrogen-bond donors (Lipinski definition) is 2. The van der Waals surface area contributed by atoms with Gasteiger partial charge in [0, 0.05) is 35.6 Å². The number of halogens is 2. The molecule has 0 saturated heterocycles. The van der Waals surface area contributed by atoms with Gasteiger partial charge >= 0.3 is 0 Å². The Kier molecular flexibility index (Phi) is 4.31. The van der Waals surface area contributed by atoms with Crippen molar-refractivity contribution in [2.45, 2.75) is 18.2 Å². The molecule has 25 heavy (non-hydrogen) atoms. The number of fused-ring (bicyclic) bond motifs is 2. The highest BCUT2D eigenvalue weighted by atomic mass is 35.5. The van der Waals surface area contributed by atoms with Gasteiger partial charge in [-0.1, -0.05) is 23.2 Å². The molecule has 4 nitrogen and oxygen atoms in total. The van der Waals surface area contributed by atoms with Crippen LogP contribution in [-0.4, -0.2) is 17.4 Å². The number of hydrogen-bond acceptors (Lipinski definition) is 3. The number of aromatic nitrogens is 1. The van der Waals surface area contributed by atoms with E-state index in [4.69, 9.17) is 23.2 Å². The molecular formula is C18H15Cl2N3OS. The molecular weight excluding hydrogens is 377 g/mol. The van der Waals surface area contributed by atoms with Gasteiger partial charge in [-0.05, 0) is 54.3 Å². The smallest absolute Gasteiger partial charge is 0.223 e. The van der Waals surface area contributed by atoms with Crippen molar-refractivity contribution in [3.63, 3.8) is 0 Å². The molecule has 0 bridgehead atoms. The van der Waals surface area contributed by atoms with Crippen molar-refractivity contribution in [2.75, 3.05) is 16.2 Å². The molecule has 0 unspecified atom stereocenters. The van der Waals surface area contributed by atoms with Gasteiger partial charge in [0.1, 0.15) is 0 Å². The fourth-order valence-corrected chi connectivity index (χ4v) is 4.43. The van der Waals surface area contributed by atoms with E-state index in [0.29, 0.717) is 10.0 Å². The van der Waals surface area contributed by atoms with Gasteiger partial charge in [-0.2, -0.15) is 0 Å². The van der Waals surface area contributed by atoms with E-state index >= 15 is 0 Å². The standard InChI is InChI=1S/C18H15Cl2N3OS/c1-10(24)23-7-6-11-8-12(2-5-16(11)23)25-22-15-4-3-13(19)17-14(20)9-21-18(15)17/h2-5,8-9,21-22H,6-7H2,1H3. The molecule has 1 aliphatic heterocycles. The predicted molar refractivity (Wildman–Crippen MR) is 106 cm³/mol. The maximum atomic E-state index is 11.6. The molecule has 0 spiro atoms. The van der Waals surface area contributed by atoms with Crippen molar-refractivity contribution >= 4 is 63.3 Å². The highest BCUT2D eigenvalue weighted by Crippen LogP contribution is 2.37. The van der Waals surface area contributed by atoms with Gasteiger partial charge in [-0.3, -0.25) is 4.79 Å². The monoisotopic (exact) mass is 391 g/mol. The van der Waals surface area contributed by atoms with Crippen molar-refractivity contribution in [1.82, 2.24) is 4.98 Å². The van der Waals surface area contributed by atoms with Gasteiger partial charge in [-0.25, -0.2) is 0 Å². The van der Waals surface area contributed by atoms with Crippen LogP contribution in [0.15, 0.2) is 41.4 Å². The van der Waals surface area contributed by atoms with Gasteiger partial charge in [0.15, 0.2) is 0 Å². The maximum Gasteiger partial charge on any atom is 0.223 e. The van der Waals surface area contributed by atoms with Crippen LogP contribution in [0, 0.1) is 0 Å². The molecule has 0 saturated carbocycles.